The van der Waals surface area contributed by atoms with Crippen molar-refractivity contribution in [2.24, 2.45) is 0 Å². The molecule has 0 amide bonds. The number of halogens is 3. The van der Waals surface area contributed by atoms with Gasteiger partial charge in [-0.05, 0) is 19.1 Å². The molecule has 25 heavy (non-hydrogen) atoms. The van der Waals surface area contributed by atoms with E-state index in [1.54, 1.807) is 0 Å². The van der Waals surface area contributed by atoms with Gasteiger partial charge in [0.1, 0.15) is 12.2 Å². The number of alkyl halides is 3. The SMILES string of the molecule is Cc1cc(N2CCC(Oc3ccc(C(F)(F)F)cn3)C2)c(C#N)cn1. The monoisotopic (exact) mass is 348 g/mol. The zero-order valence-electron chi connectivity index (χ0n) is 13.4. The Morgan fingerprint density at radius 1 is 1.28 bits per heavy atom. The summed E-state index contributed by atoms with van der Waals surface area (Å²) in [4.78, 5) is 9.86. The van der Waals surface area contributed by atoms with Crippen molar-refractivity contribution in [3.05, 3.63) is 47.4 Å². The highest BCUT2D eigenvalue weighted by atomic mass is 19.4. The van der Waals surface area contributed by atoms with E-state index in [0.717, 1.165) is 23.6 Å². The van der Waals surface area contributed by atoms with Crippen molar-refractivity contribution < 1.29 is 17.9 Å². The molecule has 130 valence electrons. The lowest BCUT2D eigenvalue weighted by Crippen LogP contribution is -2.25. The van der Waals surface area contributed by atoms with Crippen LogP contribution in [0.25, 0.3) is 0 Å². The second-order valence-electron chi connectivity index (χ2n) is 5.81. The number of rotatable bonds is 3. The summed E-state index contributed by atoms with van der Waals surface area (Å²) in [7, 11) is 0. The van der Waals surface area contributed by atoms with Crippen molar-refractivity contribution >= 4 is 5.69 Å². The first-order valence-electron chi connectivity index (χ1n) is 7.68. The second-order valence-corrected chi connectivity index (χ2v) is 5.81. The number of nitrogens with zero attached hydrogens (tertiary/aromatic N) is 4. The molecule has 0 saturated carbocycles. The molecule has 5 nitrogen and oxygen atoms in total. The van der Waals surface area contributed by atoms with Crippen LogP contribution in [-0.4, -0.2) is 29.2 Å². The Morgan fingerprint density at radius 3 is 2.72 bits per heavy atom. The van der Waals surface area contributed by atoms with Gasteiger partial charge in [0.05, 0.1) is 23.4 Å². The van der Waals surface area contributed by atoms with Crippen molar-refractivity contribution in [2.75, 3.05) is 18.0 Å². The van der Waals surface area contributed by atoms with Crippen molar-refractivity contribution in [3.8, 4) is 11.9 Å². The number of aryl methyl sites for hydroxylation is 1. The van der Waals surface area contributed by atoms with E-state index in [1.165, 1.54) is 12.3 Å². The molecule has 1 aliphatic heterocycles. The predicted molar refractivity (Wildman–Crippen MR) is 84.2 cm³/mol. The van der Waals surface area contributed by atoms with E-state index >= 15 is 0 Å². The number of nitriles is 1. The van der Waals surface area contributed by atoms with Gasteiger partial charge in [-0.15, -0.1) is 0 Å². The summed E-state index contributed by atoms with van der Waals surface area (Å²) in [6.45, 7) is 3.06. The highest BCUT2D eigenvalue weighted by Gasteiger charge is 2.31. The number of pyridine rings is 2. The van der Waals surface area contributed by atoms with Gasteiger partial charge in [0.2, 0.25) is 5.88 Å². The third kappa shape index (κ3) is 3.82. The normalized spacial score (nSPS) is 17.4. The molecule has 0 aromatic carbocycles. The van der Waals surface area contributed by atoms with E-state index in [-0.39, 0.29) is 12.0 Å². The molecule has 0 N–H and O–H groups in total. The van der Waals surface area contributed by atoms with Crippen molar-refractivity contribution in [2.45, 2.75) is 25.6 Å². The van der Waals surface area contributed by atoms with Gasteiger partial charge in [-0.3, -0.25) is 4.98 Å². The molecule has 8 heteroatoms. The van der Waals surface area contributed by atoms with Crippen LogP contribution in [0.3, 0.4) is 0 Å². The Balaban J connectivity index is 1.68. The summed E-state index contributed by atoms with van der Waals surface area (Å²) in [5.74, 6) is 0.159. The van der Waals surface area contributed by atoms with Crippen molar-refractivity contribution in [1.82, 2.24) is 9.97 Å². The average Bonchev–Trinajstić information content (AvgIpc) is 3.03. The van der Waals surface area contributed by atoms with Crippen LogP contribution in [0.1, 0.15) is 23.2 Å². The lowest BCUT2D eigenvalue weighted by Gasteiger charge is -2.20. The zero-order chi connectivity index (χ0) is 18.0. The maximum absolute atomic E-state index is 12.5. The molecule has 0 spiro atoms. The maximum Gasteiger partial charge on any atom is 0.417 e. The van der Waals surface area contributed by atoms with E-state index in [2.05, 4.69) is 16.0 Å². The second kappa shape index (κ2) is 6.59. The maximum atomic E-state index is 12.5. The van der Waals surface area contributed by atoms with Gasteiger partial charge in [-0.2, -0.15) is 18.4 Å². The van der Waals surface area contributed by atoms with E-state index in [1.807, 2.05) is 17.9 Å². The average molecular weight is 348 g/mol. The van der Waals surface area contributed by atoms with Crippen LogP contribution in [0, 0.1) is 18.3 Å². The summed E-state index contributed by atoms with van der Waals surface area (Å²) >= 11 is 0. The minimum atomic E-state index is -4.41. The summed E-state index contributed by atoms with van der Waals surface area (Å²) in [6, 6.07) is 6.14. The molecular weight excluding hydrogens is 333 g/mol. The fourth-order valence-electron chi connectivity index (χ4n) is 2.72. The Hall–Kier alpha value is -2.82. The van der Waals surface area contributed by atoms with Gasteiger partial charge in [-0.25, -0.2) is 4.98 Å². The molecule has 1 atom stereocenters. The van der Waals surface area contributed by atoms with Crippen LogP contribution >= 0.6 is 0 Å². The molecule has 3 rings (SSSR count). The van der Waals surface area contributed by atoms with Crippen LogP contribution in [0.4, 0.5) is 18.9 Å². The molecule has 2 aromatic heterocycles. The molecule has 1 fully saturated rings. The number of ether oxygens (including phenoxy) is 1. The summed E-state index contributed by atoms with van der Waals surface area (Å²) in [5.41, 5.74) is 1.28. The van der Waals surface area contributed by atoms with Gasteiger partial charge >= 0.3 is 6.18 Å². The molecule has 0 bridgehead atoms. The lowest BCUT2D eigenvalue weighted by molar-refractivity contribution is -0.137. The van der Waals surface area contributed by atoms with Gasteiger partial charge < -0.3 is 9.64 Å². The molecule has 1 saturated heterocycles. The quantitative estimate of drug-likeness (QED) is 0.851. The first kappa shape index (κ1) is 17.0. The van der Waals surface area contributed by atoms with E-state index < -0.39 is 11.7 Å². The highest BCUT2D eigenvalue weighted by Crippen LogP contribution is 2.30. The number of hydrogen-bond acceptors (Lipinski definition) is 5. The predicted octanol–water partition coefficient (Wildman–Crippen LogP) is 3.33. The smallest absolute Gasteiger partial charge is 0.417 e. The number of anilines is 1. The Labute approximate surface area is 142 Å². The van der Waals surface area contributed by atoms with E-state index in [4.69, 9.17) is 4.74 Å². The van der Waals surface area contributed by atoms with Crippen LogP contribution in [0.5, 0.6) is 5.88 Å². The van der Waals surface area contributed by atoms with Crippen LogP contribution in [0.2, 0.25) is 0 Å². The Bertz CT molecular complexity index is 799. The largest absolute Gasteiger partial charge is 0.472 e. The topological polar surface area (TPSA) is 62.0 Å². The molecule has 2 aromatic rings. The minimum absolute atomic E-state index is 0.159. The third-order valence-corrected chi connectivity index (χ3v) is 3.98. The molecule has 1 aliphatic rings. The van der Waals surface area contributed by atoms with Crippen molar-refractivity contribution in [3.63, 3.8) is 0 Å². The van der Waals surface area contributed by atoms with Crippen LogP contribution in [-0.2, 0) is 6.18 Å². The first-order chi connectivity index (χ1) is 11.9. The first-order valence-corrected chi connectivity index (χ1v) is 7.68. The van der Waals surface area contributed by atoms with Crippen molar-refractivity contribution in [1.29, 1.82) is 5.26 Å². The summed E-state index contributed by atoms with van der Waals surface area (Å²) < 4.78 is 43.3. The fraction of sp³-hybridized carbons (Fsp3) is 0.353. The molecule has 0 radical (unpaired) electrons. The standard InChI is InChI=1S/C17H15F3N4O/c1-11-6-15(12(7-21)8-22-11)24-5-4-14(10-24)25-16-3-2-13(9-23-16)17(18,19)20/h2-3,6,8-9,14H,4-5,10H2,1H3. The third-order valence-electron chi connectivity index (χ3n) is 3.98. The van der Waals surface area contributed by atoms with Gasteiger partial charge in [-0.1, -0.05) is 0 Å². The molecular formula is C17H15F3N4O. The fourth-order valence-corrected chi connectivity index (χ4v) is 2.72. The summed E-state index contributed by atoms with van der Waals surface area (Å²) in [6.07, 6.45) is -1.63. The van der Waals surface area contributed by atoms with E-state index in [9.17, 15) is 18.4 Å². The number of aromatic nitrogens is 2. The van der Waals surface area contributed by atoms with Crippen LogP contribution < -0.4 is 9.64 Å². The van der Waals surface area contributed by atoms with Crippen LogP contribution in [0.15, 0.2) is 30.6 Å². The Kier molecular flexibility index (Phi) is 4.49. The molecule has 3 heterocycles. The van der Waals surface area contributed by atoms with Gasteiger partial charge in [0.15, 0.2) is 0 Å². The van der Waals surface area contributed by atoms with E-state index in [0.29, 0.717) is 25.1 Å². The Morgan fingerprint density at radius 2 is 2.08 bits per heavy atom. The van der Waals surface area contributed by atoms with Gasteiger partial charge in [0.25, 0.3) is 0 Å². The summed E-state index contributed by atoms with van der Waals surface area (Å²) in [5, 5.41) is 9.21. The highest BCUT2D eigenvalue weighted by molar-refractivity contribution is 5.59. The molecule has 0 aliphatic carbocycles. The zero-order valence-corrected chi connectivity index (χ0v) is 13.4. The number of hydrogen-bond donors (Lipinski definition) is 0. The molecule has 1 unspecified atom stereocenters. The lowest BCUT2D eigenvalue weighted by atomic mass is 10.2. The minimum Gasteiger partial charge on any atom is -0.472 e. The van der Waals surface area contributed by atoms with Gasteiger partial charge in [0, 0.05) is 37.1 Å².